The van der Waals surface area contributed by atoms with Crippen LogP contribution in [0.15, 0.2) is 45.6 Å². The maximum Gasteiger partial charge on any atom is 0.197 e. The van der Waals surface area contributed by atoms with Gasteiger partial charge in [0.25, 0.3) is 0 Å². The van der Waals surface area contributed by atoms with Gasteiger partial charge < -0.3 is 44.9 Å². The predicted molar refractivity (Wildman–Crippen MR) is 101 cm³/mol. The SMILES string of the molecule is O=c1cc(-c2ccc(O)cc2)oc2cc(O)c([C@@H]3O[C@H](O)[C@@H](O)[C@H](O)[C@H]3O)c(O)c12. The van der Waals surface area contributed by atoms with Gasteiger partial charge in [0.1, 0.15) is 58.4 Å². The molecular formula is C20H18O10. The maximum absolute atomic E-state index is 12.7. The first-order chi connectivity index (χ1) is 14.2. The summed E-state index contributed by atoms with van der Waals surface area (Å²) in [6, 6.07) is 7.92. The molecule has 1 fully saturated rings. The quantitative estimate of drug-likeness (QED) is 0.300. The number of rotatable bonds is 2. The Labute approximate surface area is 168 Å². The minimum absolute atomic E-state index is 0.0161. The van der Waals surface area contributed by atoms with Crippen molar-refractivity contribution in [3.63, 3.8) is 0 Å². The number of benzene rings is 2. The molecule has 10 heteroatoms. The van der Waals surface area contributed by atoms with E-state index in [9.17, 15) is 40.5 Å². The van der Waals surface area contributed by atoms with Gasteiger partial charge in [-0.15, -0.1) is 0 Å². The second-order valence-corrected chi connectivity index (χ2v) is 6.97. The van der Waals surface area contributed by atoms with E-state index in [1.54, 1.807) is 0 Å². The third-order valence-electron chi connectivity index (χ3n) is 5.04. The van der Waals surface area contributed by atoms with Gasteiger partial charge in [0.15, 0.2) is 11.7 Å². The van der Waals surface area contributed by atoms with Crippen LogP contribution in [0.1, 0.15) is 11.7 Å². The fourth-order valence-corrected chi connectivity index (χ4v) is 3.45. The molecule has 0 aliphatic carbocycles. The minimum Gasteiger partial charge on any atom is -0.508 e. The van der Waals surface area contributed by atoms with Crippen LogP contribution in [0.3, 0.4) is 0 Å². The molecule has 158 valence electrons. The van der Waals surface area contributed by atoms with Crippen molar-refractivity contribution in [3.05, 3.63) is 52.2 Å². The van der Waals surface area contributed by atoms with Crippen LogP contribution in [-0.4, -0.2) is 60.3 Å². The van der Waals surface area contributed by atoms with Crippen molar-refractivity contribution in [1.82, 2.24) is 0 Å². The number of hydrogen-bond acceptors (Lipinski definition) is 10. The Morgan fingerprint density at radius 3 is 2.17 bits per heavy atom. The van der Waals surface area contributed by atoms with Crippen LogP contribution in [0, 0.1) is 0 Å². The molecule has 5 atom stereocenters. The Balaban J connectivity index is 1.86. The summed E-state index contributed by atoms with van der Waals surface area (Å²) in [7, 11) is 0. The van der Waals surface area contributed by atoms with Crippen LogP contribution in [-0.2, 0) is 4.74 Å². The molecule has 2 aromatic carbocycles. The summed E-state index contributed by atoms with van der Waals surface area (Å²) in [6.45, 7) is 0. The highest BCUT2D eigenvalue weighted by Gasteiger charge is 2.45. The zero-order chi connectivity index (χ0) is 21.7. The van der Waals surface area contributed by atoms with Crippen LogP contribution in [0.4, 0.5) is 0 Å². The van der Waals surface area contributed by atoms with Gasteiger partial charge >= 0.3 is 0 Å². The number of hydrogen-bond donors (Lipinski definition) is 7. The third-order valence-corrected chi connectivity index (χ3v) is 5.04. The second-order valence-electron chi connectivity index (χ2n) is 6.97. The number of aromatic hydroxyl groups is 3. The largest absolute Gasteiger partial charge is 0.508 e. The second kappa shape index (κ2) is 7.27. The Kier molecular flexibility index (Phi) is 4.88. The molecule has 1 aliphatic heterocycles. The van der Waals surface area contributed by atoms with Crippen molar-refractivity contribution in [2.75, 3.05) is 0 Å². The molecule has 4 rings (SSSR count). The maximum atomic E-state index is 12.7. The van der Waals surface area contributed by atoms with Gasteiger partial charge in [0.2, 0.25) is 0 Å². The number of phenolic OH excluding ortho intramolecular Hbond substituents is 3. The zero-order valence-electron chi connectivity index (χ0n) is 15.2. The fourth-order valence-electron chi connectivity index (χ4n) is 3.45. The molecule has 1 aromatic heterocycles. The van der Waals surface area contributed by atoms with Gasteiger partial charge in [-0.1, -0.05) is 0 Å². The van der Waals surface area contributed by atoms with Gasteiger partial charge in [0, 0.05) is 17.7 Å². The van der Waals surface area contributed by atoms with Crippen molar-refractivity contribution >= 4 is 11.0 Å². The summed E-state index contributed by atoms with van der Waals surface area (Å²) < 4.78 is 10.7. The molecule has 0 amide bonds. The monoisotopic (exact) mass is 418 g/mol. The fraction of sp³-hybridized carbons (Fsp3) is 0.250. The smallest absolute Gasteiger partial charge is 0.197 e. The Bertz CT molecular complexity index is 1150. The molecule has 1 aliphatic rings. The molecule has 0 radical (unpaired) electrons. The van der Waals surface area contributed by atoms with Gasteiger partial charge in [-0.2, -0.15) is 0 Å². The van der Waals surface area contributed by atoms with Crippen molar-refractivity contribution in [1.29, 1.82) is 0 Å². The first kappa shape index (κ1) is 20.1. The summed E-state index contributed by atoms with van der Waals surface area (Å²) in [5.74, 6) is -1.27. The number of ether oxygens (including phenoxy) is 1. The lowest BCUT2D eigenvalue weighted by molar-refractivity contribution is -0.284. The van der Waals surface area contributed by atoms with Gasteiger partial charge in [0.05, 0.1) is 5.56 Å². The van der Waals surface area contributed by atoms with E-state index in [0.29, 0.717) is 5.56 Å². The number of phenols is 3. The number of fused-ring (bicyclic) bond motifs is 1. The van der Waals surface area contributed by atoms with E-state index in [2.05, 4.69) is 0 Å². The van der Waals surface area contributed by atoms with E-state index in [0.717, 1.165) is 12.1 Å². The average molecular weight is 418 g/mol. The van der Waals surface area contributed by atoms with E-state index in [1.807, 2.05) is 0 Å². The standard InChI is InChI=1S/C20H18O10/c21-8-3-1-7(2-4-8)11-5-9(22)13-12(29-11)6-10(23)14(15(13)24)19-17(26)16(25)18(27)20(28)30-19/h1-6,16-21,23-28H/t16-,17-,18+,19+,20+/m1/s1. The van der Waals surface area contributed by atoms with Crippen LogP contribution in [0.5, 0.6) is 17.2 Å². The lowest BCUT2D eigenvalue weighted by Gasteiger charge is -2.38. The molecule has 0 spiro atoms. The summed E-state index contributed by atoms with van der Waals surface area (Å²) in [4.78, 5) is 12.7. The number of aliphatic hydroxyl groups is 4. The Morgan fingerprint density at radius 2 is 1.50 bits per heavy atom. The molecular weight excluding hydrogens is 400 g/mol. The van der Waals surface area contributed by atoms with Crippen LogP contribution < -0.4 is 5.43 Å². The van der Waals surface area contributed by atoms with Crippen LogP contribution in [0.25, 0.3) is 22.3 Å². The molecule has 1 saturated heterocycles. The minimum atomic E-state index is -1.91. The van der Waals surface area contributed by atoms with Crippen molar-refractivity contribution in [2.45, 2.75) is 30.7 Å². The summed E-state index contributed by atoms with van der Waals surface area (Å²) in [5, 5.41) is 69.5. The molecule has 3 aromatic rings. The topological polar surface area (TPSA) is 181 Å². The van der Waals surface area contributed by atoms with E-state index >= 15 is 0 Å². The first-order valence-corrected chi connectivity index (χ1v) is 8.89. The van der Waals surface area contributed by atoms with E-state index in [4.69, 9.17) is 9.15 Å². The highest BCUT2D eigenvalue weighted by atomic mass is 16.6. The van der Waals surface area contributed by atoms with E-state index < -0.39 is 53.2 Å². The van der Waals surface area contributed by atoms with Crippen molar-refractivity contribution < 1.29 is 44.9 Å². The summed E-state index contributed by atoms with van der Waals surface area (Å²) in [6.07, 6.45) is -9.00. The zero-order valence-corrected chi connectivity index (χ0v) is 15.2. The molecule has 0 saturated carbocycles. The normalized spacial score (nSPS) is 26.7. The lowest BCUT2D eigenvalue weighted by atomic mass is 9.91. The van der Waals surface area contributed by atoms with Crippen LogP contribution >= 0.6 is 0 Å². The molecule has 30 heavy (non-hydrogen) atoms. The predicted octanol–water partition coefficient (Wildman–Crippen LogP) is 0.0492. The van der Waals surface area contributed by atoms with Gasteiger partial charge in [-0.25, -0.2) is 0 Å². The van der Waals surface area contributed by atoms with Crippen molar-refractivity contribution in [3.8, 4) is 28.6 Å². The average Bonchev–Trinajstić information content (AvgIpc) is 2.70. The lowest BCUT2D eigenvalue weighted by Crippen LogP contribution is -2.54. The molecule has 10 nitrogen and oxygen atoms in total. The molecule has 2 heterocycles. The highest BCUT2D eigenvalue weighted by molar-refractivity contribution is 5.88. The van der Waals surface area contributed by atoms with Gasteiger partial charge in [-0.3, -0.25) is 4.79 Å². The highest BCUT2D eigenvalue weighted by Crippen LogP contribution is 2.44. The third kappa shape index (κ3) is 3.16. The Hall–Kier alpha value is -3.15. The summed E-state index contributed by atoms with van der Waals surface area (Å²) in [5.41, 5.74) is -0.842. The van der Waals surface area contributed by atoms with Gasteiger partial charge in [-0.05, 0) is 24.3 Å². The first-order valence-electron chi connectivity index (χ1n) is 8.89. The van der Waals surface area contributed by atoms with Crippen molar-refractivity contribution in [2.24, 2.45) is 0 Å². The number of aliphatic hydroxyl groups excluding tert-OH is 4. The Morgan fingerprint density at radius 1 is 0.833 bits per heavy atom. The van der Waals surface area contributed by atoms with E-state index in [-0.39, 0.29) is 22.5 Å². The van der Waals surface area contributed by atoms with E-state index in [1.165, 1.54) is 24.3 Å². The summed E-state index contributed by atoms with van der Waals surface area (Å²) >= 11 is 0. The molecule has 0 bridgehead atoms. The molecule has 7 N–H and O–H groups in total. The molecule has 0 unspecified atom stereocenters. The van der Waals surface area contributed by atoms with Crippen LogP contribution in [0.2, 0.25) is 0 Å².